The summed E-state index contributed by atoms with van der Waals surface area (Å²) in [7, 11) is 1.67. The van der Waals surface area contributed by atoms with E-state index in [0.29, 0.717) is 48.4 Å². The van der Waals surface area contributed by atoms with Crippen LogP contribution in [0, 0.1) is 0 Å². The minimum atomic E-state index is -0.0442. The summed E-state index contributed by atoms with van der Waals surface area (Å²) in [6, 6.07) is 11.4. The molecule has 0 unspecified atom stereocenters. The monoisotopic (exact) mass is 402 g/mol. The number of carbonyl (C=O) groups excluding carboxylic acids is 1. The Hall–Kier alpha value is -2.60. The van der Waals surface area contributed by atoms with E-state index in [1.807, 2.05) is 29.2 Å². The van der Waals surface area contributed by atoms with Crippen LogP contribution in [-0.2, 0) is 0 Å². The maximum Gasteiger partial charge on any atom is 0.254 e. The Kier molecular flexibility index (Phi) is 5.48. The highest BCUT2D eigenvalue weighted by Crippen LogP contribution is 2.38. The van der Waals surface area contributed by atoms with Crippen LogP contribution in [0.25, 0.3) is 0 Å². The first-order valence-electron chi connectivity index (χ1n) is 9.44. The average Bonchev–Trinajstić information content (AvgIpc) is 2.99. The highest BCUT2D eigenvalue weighted by molar-refractivity contribution is 6.32. The lowest BCUT2D eigenvalue weighted by Gasteiger charge is -2.36. The lowest BCUT2D eigenvalue weighted by atomic mass is 10.1. The molecule has 148 valence electrons. The van der Waals surface area contributed by atoms with Gasteiger partial charge in [0.2, 0.25) is 0 Å². The topological polar surface area (TPSA) is 51.2 Å². The zero-order valence-electron chi connectivity index (χ0n) is 15.8. The average molecular weight is 403 g/mol. The van der Waals surface area contributed by atoms with E-state index < -0.39 is 0 Å². The Morgan fingerprint density at radius 2 is 1.82 bits per heavy atom. The molecule has 1 fully saturated rings. The van der Waals surface area contributed by atoms with Crippen molar-refractivity contribution in [2.45, 2.75) is 6.42 Å². The SMILES string of the molecule is COc1ccccc1N1CCN(C(=O)c2cc(Cl)c3c(c2)OCCCO3)CC1. The van der Waals surface area contributed by atoms with Crippen molar-refractivity contribution in [3.63, 3.8) is 0 Å². The molecule has 2 heterocycles. The Balaban J connectivity index is 1.47. The fourth-order valence-corrected chi connectivity index (χ4v) is 3.84. The zero-order valence-corrected chi connectivity index (χ0v) is 16.6. The van der Waals surface area contributed by atoms with Gasteiger partial charge in [0.1, 0.15) is 5.75 Å². The number of halogens is 1. The van der Waals surface area contributed by atoms with E-state index in [4.69, 9.17) is 25.8 Å². The van der Waals surface area contributed by atoms with Crippen LogP contribution in [0.15, 0.2) is 36.4 Å². The van der Waals surface area contributed by atoms with Gasteiger partial charge in [0.25, 0.3) is 5.91 Å². The largest absolute Gasteiger partial charge is 0.495 e. The Morgan fingerprint density at radius 3 is 2.61 bits per heavy atom. The number of anilines is 1. The summed E-state index contributed by atoms with van der Waals surface area (Å²) in [6.45, 7) is 3.85. The molecule has 7 heteroatoms. The van der Waals surface area contributed by atoms with Gasteiger partial charge in [-0.25, -0.2) is 0 Å². The van der Waals surface area contributed by atoms with Crippen molar-refractivity contribution in [3.8, 4) is 17.2 Å². The summed E-state index contributed by atoms with van der Waals surface area (Å²) in [6.07, 6.45) is 0.791. The second kappa shape index (κ2) is 8.19. The molecule has 0 aliphatic carbocycles. The van der Waals surface area contributed by atoms with Crippen LogP contribution in [0.2, 0.25) is 5.02 Å². The number of hydrogen-bond donors (Lipinski definition) is 0. The van der Waals surface area contributed by atoms with Crippen LogP contribution in [0.3, 0.4) is 0 Å². The number of methoxy groups -OCH3 is 1. The van der Waals surface area contributed by atoms with Gasteiger partial charge in [0.15, 0.2) is 11.5 Å². The Labute approximate surface area is 169 Å². The molecule has 0 aromatic heterocycles. The second-order valence-electron chi connectivity index (χ2n) is 6.79. The van der Waals surface area contributed by atoms with Crippen molar-refractivity contribution in [2.75, 3.05) is 51.4 Å². The van der Waals surface area contributed by atoms with Crippen LogP contribution >= 0.6 is 11.6 Å². The van der Waals surface area contributed by atoms with Gasteiger partial charge in [-0.05, 0) is 24.3 Å². The number of para-hydroxylation sites is 2. The normalized spacial score (nSPS) is 16.5. The molecule has 0 spiro atoms. The fourth-order valence-electron chi connectivity index (χ4n) is 3.58. The number of fused-ring (bicyclic) bond motifs is 1. The molecular formula is C21H23ClN2O4. The van der Waals surface area contributed by atoms with Gasteiger partial charge >= 0.3 is 0 Å². The smallest absolute Gasteiger partial charge is 0.254 e. The van der Waals surface area contributed by atoms with Crippen molar-refractivity contribution >= 4 is 23.2 Å². The molecule has 28 heavy (non-hydrogen) atoms. The van der Waals surface area contributed by atoms with Crippen LogP contribution in [0.4, 0.5) is 5.69 Å². The minimum absolute atomic E-state index is 0.0442. The fraction of sp³-hybridized carbons (Fsp3) is 0.381. The first-order valence-corrected chi connectivity index (χ1v) is 9.81. The molecule has 1 amide bonds. The number of carbonyl (C=O) groups is 1. The Bertz CT molecular complexity index is 865. The summed E-state index contributed by atoms with van der Waals surface area (Å²) >= 11 is 6.34. The molecule has 4 rings (SSSR count). The first-order chi connectivity index (χ1) is 13.7. The number of amides is 1. The van der Waals surface area contributed by atoms with E-state index in [1.54, 1.807) is 19.2 Å². The molecule has 0 bridgehead atoms. The van der Waals surface area contributed by atoms with Gasteiger partial charge in [0.05, 0.1) is 31.0 Å². The molecule has 1 saturated heterocycles. The lowest BCUT2D eigenvalue weighted by molar-refractivity contribution is 0.0746. The number of hydrogen-bond acceptors (Lipinski definition) is 5. The van der Waals surface area contributed by atoms with Gasteiger partial charge < -0.3 is 24.0 Å². The molecule has 2 aliphatic heterocycles. The molecule has 0 radical (unpaired) electrons. The highest BCUT2D eigenvalue weighted by atomic mass is 35.5. The molecular weight excluding hydrogens is 380 g/mol. The molecule has 0 atom stereocenters. The van der Waals surface area contributed by atoms with E-state index in [-0.39, 0.29) is 5.91 Å². The van der Waals surface area contributed by atoms with E-state index in [1.165, 1.54) is 0 Å². The summed E-state index contributed by atoms with van der Waals surface area (Å²) in [5.74, 6) is 1.87. The molecule has 2 aromatic carbocycles. The minimum Gasteiger partial charge on any atom is -0.495 e. The van der Waals surface area contributed by atoms with Gasteiger partial charge in [-0.15, -0.1) is 0 Å². The van der Waals surface area contributed by atoms with Gasteiger partial charge in [-0.2, -0.15) is 0 Å². The van der Waals surface area contributed by atoms with Crippen molar-refractivity contribution in [1.29, 1.82) is 0 Å². The van der Waals surface area contributed by atoms with Gasteiger partial charge in [-0.1, -0.05) is 23.7 Å². The summed E-state index contributed by atoms with van der Waals surface area (Å²) in [4.78, 5) is 17.1. The maximum atomic E-state index is 13.0. The van der Waals surface area contributed by atoms with Crippen LogP contribution < -0.4 is 19.1 Å². The quantitative estimate of drug-likeness (QED) is 0.786. The summed E-state index contributed by atoms with van der Waals surface area (Å²) in [5.41, 5.74) is 1.58. The highest BCUT2D eigenvalue weighted by Gasteiger charge is 2.26. The van der Waals surface area contributed by atoms with Crippen molar-refractivity contribution in [2.24, 2.45) is 0 Å². The van der Waals surface area contributed by atoms with Crippen LogP contribution in [-0.4, -0.2) is 57.3 Å². The van der Waals surface area contributed by atoms with E-state index >= 15 is 0 Å². The van der Waals surface area contributed by atoms with Gasteiger partial charge in [-0.3, -0.25) is 4.79 Å². The van der Waals surface area contributed by atoms with Crippen molar-refractivity contribution in [3.05, 3.63) is 47.0 Å². The third-order valence-electron chi connectivity index (χ3n) is 5.04. The third kappa shape index (κ3) is 3.69. The summed E-state index contributed by atoms with van der Waals surface area (Å²) < 4.78 is 16.8. The molecule has 6 nitrogen and oxygen atoms in total. The number of benzene rings is 2. The lowest BCUT2D eigenvalue weighted by Crippen LogP contribution is -2.48. The molecule has 0 saturated carbocycles. The van der Waals surface area contributed by atoms with E-state index in [9.17, 15) is 4.79 Å². The number of nitrogens with zero attached hydrogens (tertiary/aromatic N) is 2. The molecule has 2 aliphatic rings. The summed E-state index contributed by atoms with van der Waals surface area (Å²) in [5, 5.41) is 0.412. The standard InChI is InChI=1S/C21H23ClN2O4/c1-26-18-6-3-2-5-17(18)23-7-9-24(10-8-23)21(25)15-13-16(22)20-19(14-15)27-11-4-12-28-20/h2-3,5-6,13-14H,4,7-12H2,1H3. The van der Waals surface area contributed by atoms with Crippen LogP contribution in [0.1, 0.15) is 16.8 Å². The number of piperazine rings is 1. The number of ether oxygens (including phenoxy) is 3. The van der Waals surface area contributed by atoms with E-state index in [2.05, 4.69) is 4.90 Å². The second-order valence-corrected chi connectivity index (χ2v) is 7.19. The Morgan fingerprint density at radius 1 is 1.07 bits per heavy atom. The maximum absolute atomic E-state index is 13.0. The van der Waals surface area contributed by atoms with Gasteiger partial charge in [0, 0.05) is 38.2 Å². The first kappa shape index (κ1) is 18.7. The third-order valence-corrected chi connectivity index (χ3v) is 5.32. The predicted octanol–water partition coefficient (Wildman–Crippen LogP) is 3.47. The zero-order chi connectivity index (χ0) is 19.5. The van der Waals surface area contributed by atoms with Crippen molar-refractivity contribution < 1.29 is 19.0 Å². The molecule has 2 aromatic rings. The molecule has 0 N–H and O–H groups in total. The van der Waals surface area contributed by atoms with Crippen molar-refractivity contribution in [1.82, 2.24) is 4.90 Å². The van der Waals surface area contributed by atoms with E-state index in [0.717, 1.165) is 30.9 Å². The van der Waals surface area contributed by atoms with Crippen LogP contribution in [0.5, 0.6) is 17.2 Å². The number of rotatable bonds is 3. The predicted molar refractivity (Wildman–Crippen MR) is 108 cm³/mol.